The van der Waals surface area contributed by atoms with Gasteiger partial charge in [-0.25, -0.2) is 8.78 Å². The van der Waals surface area contributed by atoms with E-state index in [0.29, 0.717) is 11.4 Å². The number of hydrogen-bond donors (Lipinski definition) is 1. The maximum absolute atomic E-state index is 13.1. The van der Waals surface area contributed by atoms with Gasteiger partial charge in [0.25, 0.3) is 0 Å². The van der Waals surface area contributed by atoms with Crippen molar-refractivity contribution in [3.8, 4) is 5.88 Å². The predicted molar refractivity (Wildman–Crippen MR) is 77.8 cm³/mol. The van der Waals surface area contributed by atoms with Crippen molar-refractivity contribution in [2.75, 3.05) is 31.1 Å². The molecule has 0 radical (unpaired) electrons. The smallest absolute Gasteiger partial charge is 0.234 e. The van der Waals surface area contributed by atoms with Crippen LogP contribution in [0.3, 0.4) is 0 Å². The van der Waals surface area contributed by atoms with Gasteiger partial charge < -0.3 is 15.0 Å². The molecule has 2 heterocycles. The maximum atomic E-state index is 13.1. The molecule has 1 aromatic carbocycles. The van der Waals surface area contributed by atoms with E-state index in [1.807, 2.05) is 0 Å². The molecule has 0 atom stereocenters. The number of nitrogens with zero attached hydrogens (tertiary/aromatic N) is 3. The Kier molecular flexibility index (Phi) is 4.43. The van der Waals surface area contributed by atoms with Gasteiger partial charge >= 0.3 is 0 Å². The van der Waals surface area contributed by atoms with Crippen LogP contribution < -0.4 is 15.0 Å². The lowest BCUT2D eigenvalue weighted by Crippen LogP contribution is -2.43. The number of piperazine rings is 1. The standard InChI is InChI=1S/C15H16F2N4O/c16-12-2-1-11(7-13(12)17)10-22-15-9-19-8-14(20-15)21-5-3-18-4-6-21/h1-2,7-9,18H,3-6,10H2. The summed E-state index contributed by atoms with van der Waals surface area (Å²) in [4.78, 5) is 10.6. The number of aromatic nitrogens is 2. The van der Waals surface area contributed by atoms with Crippen molar-refractivity contribution in [1.82, 2.24) is 15.3 Å². The summed E-state index contributed by atoms with van der Waals surface area (Å²) in [5.41, 5.74) is 0.535. The van der Waals surface area contributed by atoms with Crippen LogP contribution in [0.2, 0.25) is 0 Å². The Hall–Kier alpha value is -2.28. The van der Waals surface area contributed by atoms with Crippen LogP contribution in [0.4, 0.5) is 14.6 Å². The van der Waals surface area contributed by atoms with Crippen molar-refractivity contribution in [1.29, 1.82) is 0 Å². The molecule has 22 heavy (non-hydrogen) atoms. The number of halogens is 2. The summed E-state index contributed by atoms with van der Waals surface area (Å²) in [7, 11) is 0. The summed E-state index contributed by atoms with van der Waals surface area (Å²) in [6.45, 7) is 3.64. The molecule has 0 amide bonds. The largest absolute Gasteiger partial charge is 0.472 e. The topological polar surface area (TPSA) is 50.3 Å². The SMILES string of the molecule is Fc1ccc(COc2cncc(N3CCNCC3)n2)cc1F. The lowest BCUT2D eigenvalue weighted by molar-refractivity contribution is 0.291. The van der Waals surface area contributed by atoms with Gasteiger partial charge in [-0.05, 0) is 17.7 Å². The van der Waals surface area contributed by atoms with Gasteiger partial charge in [-0.2, -0.15) is 4.98 Å². The third-order valence-corrected chi connectivity index (χ3v) is 3.41. The van der Waals surface area contributed by atoms with E-state index < -0.39 is 11.6 Å². The quantitative estimate of drug-likeness (QED) is 0.932. The van der Waals surface area contributed by atoms with Gasteiger partial charge in [-0.15, -0.1) is 0 Å². The molecule has 1 saturated heterocycles. The highest BCUT2D eigenvalue weighted by Crippen LogP contribution is 2.16. The Morgan fingerprint density at radius 3 is 2.73 bits per heavy atom. The van der Waals surface area contributed by atoms with E-state index in [1.165, 1.54) is 12.3 Å². The first-order chi connectivity index (χ1) is 10.7. The van der Waals surface area contributed by atoms with Crippen molar-refractivity contribution >= 4 is 5.82 Å². The first-order valence-corrected chi connectivity index (χ1v) is 7.07. The average Bonchev–Trinajstić information content (AvgIpc) is 2.57. The van der Waals surface area contributed by atoms with E-state index in [2.05, 4.69) is 20.2 Å². The molecule has 1 N–H and O–H groups in total. The van der Waals surface area contributed by atoms with Crippen LogP contribution in [0.5, 0.6) is 5.88 Å². The van der Waals surface area contributed by atoms with Crippen molar-refractivity contribution in [2.45, 2.75) is 6.61 Å². The Bertz CT molecular complexity index is 647. The molecular formula is C15H16F2N4O. The number of anilines is 1. The van der Waals surface area contributed by atoms with Gasteiger partial charge in [0.15, 0.2) is 17.5 Å². The second-order valence-electron chi connectivity index (χ2n) is 4.99. The van der Waals surface area contributed by atoms with Crippen molar-refractivity contribution in [3.63, 3.8) is 0 Å². The predicted octanol–water partition coefficient (Wildman–Crippen LogP) is 1.74. The summed E-state index contributed by atoms with van der Waals surface area (Å²) < 4.78 is 31.5. The van der Waals surface area contributed by atoms with Crippen molar-refractivity contribution in [2.24, 2.45) is 0 Å². The summed E-state index contributed by atoms with van der Waals surface area (Å²) in [6, 6.07) is 3.67. The minimum absolute atomic E-state index is 0.108. The molecule has 3 rings (SSSR count). The molecule has 1 fully saturated rings. The number of hydrogen-bond acceptors (Lipinski definition) is 5. The van der Waals surface area contributed by atoms with Gasteiger partial charge in [0.1, 0.15) is 6.61 Å². The second-order valence-corrected chi connectivity index (χ2v) is 4.99. The Balaban J connectivity index is 1.66. The molecule has 0 saturated carbocycles. The van der Waals surface area contributed by atoms with Gasteiger partial charge in [0.2, 0.25) is 5.88 Å². The highest BCUT2D eigenvalue weighted by molar-refractivity contribution is 5.38. The fourth-order valence-electron chi connectivity index (χ4n) is 2.24. The molecule has 0 aliphatic carbocycles. The minimum atomic E-state index is -0.887. The molecule has 0 spiro atoms. The molecule has 1 aliphatic heterocycles. The van der Waals surface area contributed by atoms with E-state index in [-0.39, 0.29) is 6.61 Å². The molecule has 5 nitrogen and oxygen atoms in total. The number of ether oxygens (including phenoxy) is 1. The molecule has 7 heteroatoms. The van der Waals surface area contributed by atoms with Crippen molar-refractivity contribution in [3.05, 3.63) is 47.8 Å². The molecule has 0 bridgehead atoms. The highest BCUT2D eigenvalue weighted by atomic mass is 19.2. The Morgan fingerprint density at radius 1 is 1.14 bits per heavy atom. The molecule has 0 unspecified atom stereocenters. The maximum Gasteiger partial charge on any atom is 0.234 e. The zero-order chi connectivity index (χ0) is 15.4. The van der Waals surface area contributed by atoms with Gasteiger partial charge in [0.05, 0.1) is 12.4 Å². The zero-order valence-corrected chi connectivity index (χ0v) is 11.9. The van der Waals surface area contributed by atoms with Crippen LogP contribution in [0.15, 0.2) is 30.6 Å². The molecule has 2 aromatic rings. The lowest BCUT2D eigenvalue weighted by Gasteiger charge is -2.28. The van der Waals surface area contributed by atoms with Crippen molar-refractivity contribution < 1.29 is 13.5 Å². The van der Waals surface area contributed by atoms with Crippen LogP contribution in [0, 0.1) is 11.6 Å². The summed E-state index contributed by atoms with van der Waals surface area (Å²) >= 11 is 0. The normalized spacial score (nSPS) is 14.9. The van der Waals surface area contributed by atoms with Gasteiger partial charge in [0, 0.05) is 26.2 Å². The van der Waals surface area contributed by atoms with E-state index in [9.17, 15) is 8.78 Å². The summed E-state index contributed by atoms with van der Waals surface area (Å²) in [6.07, 6.45) is 3.20. The van der Waals surface area contributed by atoms with Crippen LogP contribution in [0.1, 0.15) is 5.56 Å². The van der Waals surface area contributed by atoms with Crippen LogP contribution in [-0.4, -0.2) is 36.1 Å². The monoisotopic (exact) mass is 306 g/mol. The van der Waals surface area contributed by atoms with Crippen LogP contribution in [0.25, 0.3) is 0 Å². The first-order valence-electron chi connectivity index (χ1n) is 7.07. The molecule has 116 valence electrons. The first kappa shape index (κ1) is 14.6. The Morgan fingerprint density at radius 2 is 1.95 bits per heavy atom. The molecule has 1 aliphatic rings. The number of rotatable bonds is 4. The zero-order valence-electron chi connectivity index (χ0n) is 11.9. The number of nitrogens with one attached hydrogen (secondary N) is 1. The third-order valence-electron chi connectivity index (χ3n) is 3.41. The molecule has 1 aromatic heterocycles. The average molecular weight is 306 g/mol. The van der Waals surface area contributed by atoms with Gasteiger partial charge in [-0.1, -0.05) is 6.07 Å². The van der Waals surface area contributed by atoms with E-state index in [0.717, 1.165) is 44.1 Å². The lowest BCUT2D eigenvalue weighted by atomic mass is 10.2. The van der Waals surface area contributed by atoms with Gasteiger partial charge in [-0.3, -0.25) is 4.98 Å². The fraction of sp³-hybridized carbons (Fsp3) is 0.333. The summed E-state index contributed by atoms with van der Waals surface area (Å²) in [5, 5.41) is 3.27. The van der Waals surface area contributed by atoms with Crippen LogP contribution in [-0.2, 0) is 6.61 Å². The third kappa shape index (κ3) is 3.48. The fourth-order valence-corrected chi connectivity index (χ4v) is 2.24. The minimum Gasteiger partial charge on any atom is -0.472 e. The second kappa shape index (κ2) is 6.65. The highest BCUT2D eigenvalue weighted by Gasteiger charge is 2.13. The van der Waals surface area contributed by atoms with Crippen LogP contribution >= 0.6 is 0 Å². The molecular weight excluding hydrogens is 290 g/mol. The van der Waals surface area contributed by atoms with E-state index >= 15 is 0 Å². The number of benzene rings is 1. The van der Waals surface area contributed by atoms with E-state index in [1.54, 1.807) is 6.20 Å². The van der Waals surface area contributed by atoms with E-state index in [4.69, 9.17) is 4.74 Å². The summed E-state index contributed by atoms with van der Waals surface area (Å²) in [5.74, 6) is -0.643. The Labute approximate surface area is 127 Å².